The van der Waals surface area contributed by atoms with Gasteiger partial charge in [-0.05, 0) is 19.9 Å². The highest BCUT2D eigenvalue weighted by Crippen LogP contribution is 2.17. The molecule has 2 heterocycles. The van der Waals surface area contributed by atoms with Crippen molar-refractivity contribution in [3.63, 3.8) is 0 Å². The molecule has 1 atom stereocenters. The summed E-state index contributed by atoms with van der Waals surface area (Å²) < 4.78 is 1.76. The maximum atomic E-state index is 12.0. The minimum Gasteiger partial charge on any atom is -0.350 e. The Kier molecular flexibility index (Phi) is 3.87. The Labute approximate surface area is 112 Å². The fourth-order valence-corrected chi connectivity index (χ4v) is 2.41. The minimum atomic E-state index is -0.221. The van der Waals surface area contributed by atoms with Crippen LogP contribution in [0.5, 0.6) is 0 Å². The van der Waals surface area contributed by atoms with Crippen molar-refractivity contribution < 1.29 is 9.59 Å². The molecule has 0 saturated carbocycles. The second kappa shape index (κ2) is 5.42. The summed E-state index contributed by atoms with van der Waals surface area (Å²) in [6.07, 6.45) is 0.324. The highest BCUT2D eigenvalue weighted by molar-refractivity contribution is 5.89. The number of hydrogen-bond acceptors (Lipinski definition) is 3. The molecule has 0 bridgehead atoms. The van der Waals surface area contributed by atoms with Crippen LogP contribution < -0.4 is 5.32 Å². The van der Waals surface area contributed by atoms with Gasteiger partial charge in [-0.2, -0.15) is 5.10 Å². The highest BCUT2D eigenvalue weighted by atomic mass is 16.2. The number of aromatic nitrogens is 2. The first-order valence-corrected chi connectivity index (χ1v) is 6.56. The Hall–Kier alpha value is -1.85. The van der Waals surface area contributed by atoms with Crippen molar-refractivity contribution in [1.29, 1.82) is 0 Å². The Morgan fingerprint density at radius 3 is 2.84 bits per heavy atom. The molecule has 2 rings (SSSR count). The molecule has 2 amide bonds. The number of likely N-dealkylation sites (tertiary alicyclic amines) is 1. The highest BCUT2D eigenvalue weighted by Gasteiger charge is 2.33. The second-order valence-electron chi connectivity index (χ2n) is 4.95. The van der Waals surface area contributed by atoms with Crippen LogP contribution in [0.15, 0.2) is 6.07 Å². The number of hydrogen-bond donors (Lipinski definition) is 1. The van der Waals surface area contributed by atoms with Crippen LogP contribution in [0.4, 0.5) is 0 Å². The lowest BCUT2D eigenvalue weighted by Crippen LogP contribution is -2.33. The number of aryl methyl sites for hydroxylation is 2. The van der Waals surface area contributed by atoms with Crippen molar-refractivity contribution in [2.24, 2.45) is 13.0 Å². The van der Waals surface area contributed by atoms with Gasteiger partial charge >= 0.3 is 0 Å². The fraction of sp³-hybridized carbons (Fsp3) is 0.615. The van der Waals surface area contributed by atoms with E-state index in [-0.39, 0.29) is 17.7 Å². The second-order valence-corrected chi connectivity index (χ2v) is 4.95. The van der Waals surface area contributed by atoms with Gasteiger partial charge in [0.15, 0.2) is 0 Å². The predicted molar refractivity (Wildman–Crippen MR) is 70.2 cm³/mol. The minimum absolute atomic E-state index is 0.0526. The van der Waals surface area contributed by atoms with E-state index >= 15 is 0 Å². The molecule has 0 spiro atoms. The van der Waals surface area contributed by atoms with E-state index < -0.39 is 0 Å². The molecule has 19 heavy (non-hydrogen) atoms. The van der Waals surface area contributed by atoms with Crippen molar-refractivity contribution in [3.8, 4) is 0 Å². The first-order chi connectivity index (χ1) is 9.01. The Balaban J connectivity index is 1.89. The van der Waals surface area contributed by atoms with Gasteiger partial charge in [0.25, 0.3) is 0 Å². The molecule has 1 aliphatic rings. The average molecular weight is 264 g/mol. The molecule has 6 heteroatoms. The number of amides is 2. The fourth-order valence-electron chi connectivity index (χ4n) is 2.41. The number of nitrogens with one attached hydrogen (secondary N) is 1. The number of rotatable bonds is 4. The predicted octanol–water partition coefficient (Wildman–Crippen LogP) is 0.213. The van der Waals surface area contributed by atoms with E-state index in [9.17, 15) is 9.59 Å². The third-order valence-electron chi connectivity index (χ3n) is 3.51. The van der Waals surface area contributed by atoms with Crippen LogP contribution in [0.3, 0.4) is 0 Å². The summed E-state index contributed by atoms with van der Waals surface area (Å²) in [5.74, 6) is -0.205. The van der Waals surface area contributed by atoms with E-state index in [0.29, 0.717) is 26.1 Å². The lowest BCUT2D eigenvalue weighted by atomic mass is 10.1. The molecule has 1 aromatic rings. The van der Waals surface area contributed by atoms with Crippen molar-refractivity contribution in [2.75, 3.05) is 13.1 Å². The third-order valence-corrected chi connectivity index (χ3v) is 3.51. The first kappa shape index (κ1) is 13.6. The molecular formula is C13H20N4O2. The smallest absolute Gasteiger partial charge is 0.225 e. The van der Waals surface area contributed by atoms with Crippen LogP contribution in [-0.4, -0.2) is 39.6 Å². The van der Waals surface area contributed by atoms with Gasteiger partial charge in [0.2, 0.25) is 11.8 Å². The molecule has 1 aliphatic heterocycles. The van der Waals surface area contributed by atoms with Crippen molar-refractivity contribution >= 4 is 11.8 Å². The van der Waals surface area contributed by atoms with E-state index in [1.54, 1.807) is 9.58 Å². The first-order valence-electron chi connectivity index (χ1n) is 6.56. The van der Waals surface area contributed by atoms with Gasteiger partial charge < -0.3 is 10.2 Å². The summed E-state index contributed by atoms with van der Waals surface area (Å²) in [4.78, 5) is 25.3. The maximum absolute atomic E-state index is 12.0. The number of carbonyl (C=O) groups excluding carboxylic acids is 2. The third kappa shape index (κ3) is 2.94. The van der Waals surface area contributed by atoms with Crippen molar-refractivity contribution in [3.05, 3.63) is 17.5 Å². The van der Waals surface area contributed by atoms with E-state index in [0.717, 1.165) is 11.4 Å². The summed E-state index contributed by atoms with van der Waals surface area (Å²) in [6.45, 7) is 5.50. The molecule has 1 fully saturated rings. The van der Waals surface area contributed by atoms with Crippen LogP contribution in [0.2, 0.25) is 0 Å². The summed E-state index contributed by atoms with van der Waals surface area (Å²) in [6, 6.07) is 1.94. The Morgan fingerprint density at radius 1 is 1.58 bits per heavy atom. The largest absolute Gasteiger partial charge is 0.350 e. The van der Waals surface area contributed by atoms with Crippen LogP contribution in [0.1, 0.15) is 24.7 Å². The average Bonchev–Trinajstić information content (AvgIpc) is 2.89. The Morgan fingerprint density at radius 2 is 2.32 bits per heavy atom. The van der Waals surface area contributed by atoms with Crippen molar-refractivity contribution in [2.45, 2.75) is 26.8 Å². The van der Waals surface area contributed by atoms with Crippen molar-refractivity contribution in [1.82, 2.24) is 20.0 Å². The zero-order valence-electron chi connectivity index (χ0n) is 11.6. The lowest BCUT2D eigenvalue weighted by molar-refractivity contribution is -0.128. The van der Waals surface area contributed by atoms with Crippen LogP contribution >= 0.6 is 0 Å². The summed E-state index contributed by atoms with van der Waals surface area (Å²) in [5.41, 5.74) is 1.89. The van der Waals surface area contributed by atoms with E-state index in [1.165, 1.54) is 0 Å². The van der Waals surface area contributed by atoms with Gasteiger partial charge in [0.1, 0.15) is 0 Å². The molecule has 104 valence electrons. The monoisotopic (exact) mass is 264 g/mol. The van der Waals surface area contributed by atoms with Gasteiger partial charge in [-0.15, -0.1) is 0 Å². The molecule has 0 radical (unpaired) electrons. The Bertz CT molecular complexity index is 495. The normalized spacial score (nSPS) is 19.0. The quantitative estimate of drug-likeness (QED) is 0.845. The molecule has 1 aromatic heterocycles. The maximum Gasteiger partial charge on any atom is 0.225 e. The SMILES string of the molecule is CCN1C[C@@H](C(=O)NCc2cc(C)nn2C)CC1=O. The summed E-state index contributed by atoms with van der Waals surface area (Å²) >= 11 is 0. The summed E-state index contributed by atoms with van der Waals surface area (Å²) in [7, 11) is 1.85. The lowest BCUT2D eigenvalue weighted by Gasteiger charge is -2.13. The van der Waals surface area contributed by atoms with E-state index in [1.807, 2.05) is 27.0 Å². The molecule has 0 aromatic carbocycles. The molecule has 1 N–H and O–H groups in total. The molecule has 0 aliphatic carbocycles. The summed E-state index contributed by atoms with van der Waals surface area (Å²) in [5, 5.41) is 7.11. The number of carbonyl (C=O) groups is 2. The van der Waals surface area contributed by atoms with E-state index in [4.69, 9.17) is 0 Å². The molecule has 1 saturated heterocycles. The van der Waals surface area contributed by atoms with Gasteiger partial charge in [0.05, 0.1) is 23.9 Å². The molecule has 0 unspecified atom stereocenters. The molecule has 6 nitrogen and oxygen atoms in total. The molecular weight excluding hydrogens is 244 g/mol. The van der Waals surface area contributed by atoms with Gasteiger partial charge in [0, 0.05) is 26.6 Å². The van der Waals surface area contributed by atoms with Crippen LogP contribution in [-0.2, 0) is 23.2 Å². The standard InChI is InChI=1S/C13H20N4O2/c1-4-17-8-10(6-12(17)18)13(19)14-7-11-5-9(2)15-16(11)3/h5,10H,4,6-8H2,1-3H3,(H,14,19)/t10-/m0/s1. The zero-order valence-corrected chi connectivity index (χ0v) is 11.6. The van der Waals surface area contributed by atoms with Gasteiger partial charge in [-0.1, -0.05) is 0 Å². The number of nitrogens with zero attached hydrogens (tertiary/aromatic N) is 3. The van der Waals surface area contributed by atoms with Gasteiger partial charge in [-0.3, -0.25) is 14.3 Å². The van der Waals surface area contributed by atoms with Crippen LogP contribution in [0, 0.1) is 12.8 Å². The topological polar surface area (TPSA) is 67.2 Å². The van der Waals surface area contributed by atoms with Crippen LogP contribution in [0.25, 0.3) is 0 Å². The van der Waals surface area contributed by atoms with E-state index in [2.05, 4.69) is 10.4 Å². The van der Waals surface area contributed by atoms with Gasteiger partial charge in [-0.25, -0.2) is 0 Å². The zero-order chi connectivity index (χ0) is 14.0.